The minimum absolute atomic E-state index is 0.317. The molecule has 0 aromatic heterocycles. The lowest BCUT2D eigenvalue weighted by atomic mass is 10.2. The molecule has 1 saturated heterocycles. The molecule has 2 unspecified atom stereocenters. The molecule has 1 fully saturated rings. The van der Waals surface area contributed by atoms with Gasteiger partial charge in [0.15, 0.2) is 0 Å². The maximum atomic E-state index is 11.4. The topological polar surface area (TPSA) is 61.8 Å². The lowest BCUT2D eigenvalue weighted by molar-refractivity contribution is 0.0600. The van der Waals surface area contributed by atoms with E-state index in [1.54, 1.807) is 12.1 Å². The average molecular weight is 264 g/mol. The summed E-state index contributed by atoms with van der Waals surface area (Å²) in [5.74, 6) is -0.336. The highest BCUT2D eigenvalue weighted by Crippen LogP contribution is 2.18. The first-order valence-corrected chi connectivity index (χ1v) is 6.45. The van der Waals surface area contributed by atoms with Gasteiger partial charge in [0.2, 0.25) is 0 Å². The van der Waals surface area contributed by atoms with E-state index in [-0.39, 0.29) is 12.1 Å². The highest BCUT2D eigenvalue weighted by molar-refractivity contribution is 5.89. The number of benzene rings is 1. The summed E-state index contributed by atoms with van der Waals surface area (Å²) >= 11 is 0. The molecule has 0 aliphatic carbocycles. The number of aliphatic hydroxyl groups is 1. The second kappa shape index (κ2) is 6.04. The number of aliphatic hydroxyl groups excluding tert-OH is 1. The fourth-order valence-electron chi connectivity index (χ4n) is 2.26. The Bertz CT molecular complexity index is 421. The fraction of sp³-hybridized carbons (Fsp3) is 0.500. The normalized spacial score (nSPS) is 23.8. The van der Waals surface area contributed by atoms with Crippen LogP contribution in [0, 0.1) is 0 Å². The summed E-state index contributed by atoms with van der Waals surface area (Å²) in [6.07, 6.45) is -0.384. The number of carbonyl (C=O) groups is 1. The number of carbonyl (C=O) groups excluding carboxylic acids is 1. The molecule has 2 atom stereocenters. The third-order valence-electron chi connectivity index (χ3n) is 3.28. The van der Waals surface area contributed by atoms with Crippen molar-refractivity contribution in [2.24, 2.45) is 0 Å². The third-order valence-corrected chi connectivity index (χ3v) is 3.28. The highest BCUT2D eigenvalue weighted by atomic mass is 16.5. The molecule has 1 heterocycles. The molecule has 0 saturated carbocycles. The quantitative estimate of drug-likeness (QED) is 0.767. The Labute approximate surface area is 113 Å². The molecule has 0 bridgehead atoms. The number of nitrogens with one attached hydrogen (secondary N) is 1. The molecule has 104 valence electrons. The summed E-state index contributed by atoms with van der Waals surface area (Å²) in [5.41, 5.74) is 1.54. The molecular formula is C14H20N2O3. The largest absolute Gasteiger partial charge is 0.465 e. The van der Waals surface area contributed by atoms with E-state index in [1.807, 2.05) is 12.1 Å². The maximum Gasteiger partial charge on any atom is 0.337 e. The van der Waals surface area contributed by atoms with Crippen molar-refractivity contribution in [1.82, 2.24) is 5.32 Å². The first kappa shape index (κ1) is 13.8. The predicted octanol–water partition coefficient (Wildman–Crippen LogP) is 0.632. The molecule has 1 aliphatic rings. The Hall–Kier alpha value is -1.59. The number of anilines is 1. The molecule has 2 N–H and O–H groups in total. The molecule has 1 aromatic rings. The van der Waals surface area contributed by atoms with Gasteiger partial charge in [0.1, 0.15) is 0 Å². The smallest absolute Gasteiger partial charge is 0.337 e. The highest BCUT2D eigenvalue weighted by Gasteiger charge is 2.20. The zero-order valence-corrected chi connectivity index (χ0v) is 11.3. The number of methoxy groups -OCH3 is 1. The SMILES string of the molecule is COC(=O)c1ccc(N2CC(O)CNC(C)C2)cc1. The van der Waals surface area contributed by atoms with Gasteiger partial charge in [-0.05, 0) is 31.2 Å². The molecule has 1 aliphatic heterocycles. The third kappa shape index (κ3) is 3.45. The number of nitrogens with zero attached hydrogens (tertiary/aromatic N) is 1. The van der Waals surface area contributed by atoms with Crippen LogP contribution < -0.4 is 10.2 Å². The van der Waals surface area contributed by atoms with Crippen LogP contribution in [-0.2, 0) is 4.74 Å². The van der Waals surface area contributed by atoms with Gasteiger partial charge >= 0.3 is 5.97 Å². The van der Waals surface area contributed by atoms with Gasteiger partial charge in [-0.1, -0.05) is 0 Å². The molecule has 5 nitrogen and oxygen atoms in total. The van der Waals surface area contributed by atoms with Gasteiger partial charge in [-0.25, -0.2) is 4.79 Å². The van der Waals surface area contributed by atoms with E-state index >= 15 is 0 Å². The minimum Gasteiger partial charge on any atom is -0.465 e. The van der Waals surface area contributed by atoms with Crippen LogP contribution in [0.1, 0.15) is 17.3 Å². The Morgan fingerprint density at radius 3 is 2.68 bits per heavy atom. The summed E-state index contributed by atoms with van der Waals surface area (Å²) in [5, 5.41) is 13.1. The first-order chi connectivity index (χ1) is 9.10. The van der Waals surface area contributed by atoms with Crippen LogP contribution in [0.5, 0.6) is 0 Å². The predicted molar refractivity (Wildman–Crippen MR) is 73.5 cm³/mol. The van der Waals surface area contributed by atoms with Gasteiger partial charge in [0, 0.05) is 31.4 Å². The lowest BCUT2D eigenvalue weighted by Gasteiger charge is -2.25. The number of ether oxygens (including phenoxy) is 1. The van der Waals surface area contributed by atoms with Crippen LogP contribution in [-0.4, -0.2) is 50.0 Å². The molecule has 19 heavy (non-hydrogen) atoms. The standard InChI is InChI=1S/C14H20N2O3/c1-10-8-16(9-13(17)7-15-10)12-5-3-11(4-6-12)14(18)19-2/h3-6,10,13,15,17H,7-9H2,1-2H3. The number of hydrogen-bond acceptors (Lipinski definition) is 5. The van der Waals surface area contributed by atoms with E-state index in [9.17, 15) is 9.90 Å². The zero-order valence-electron chi connectivity index (χ0n) is 11.3. The summed E-state index contributed by atoms with van der Waals surface area (Å²) in [6, 6.07) is 7.58. The monoisotopic (exact) mass is 264 g/mol. The van der Waals surface area contributed by atoms with E-state index in [4.69, 9.17) is 0 Å². The van der Waals surface area contributed by atoms with Crippen LogP contribution in [0.15, 0.2) is 24.3 Å². The fourth-order valence-corrected chi connectivity index (χ4v) is 2.26. The van der Waals surface area contributed by atoms with Crippen molar-refractivity contribution in [3.05, 3.63) is 29.8 Å². The van der Waals surface area contributed by atoms with E-state index in [1.165, 1.54) is 7.11 Å². The second-order valence-corrected chi connectivity index (χ2v) is 4.91. The number of hydrogen-bond donors (Lipinski definition) is 2. The van der Waals surface area contributed by atoms with Crippen LogP contribution in [0.3, 0.4) is 0 Å². The van der Waals surface area contributed by atoms with Crippen LogP contribution in [0.2, 0.25) is 0 Å². The van der Waals surface area contributed by atoms with Crippen molar-refractivity contribution >= 4 is 11.7 Å². The molecule has 0 radical (unpaired) electrons. The van der Waals surface area contributed by atoms with Gasteiger partial charge in [0.25, 0.3) is 0 Å². The molecule has 0 amide bonds. The van der Waals surface area contributed by atoms with E-state index in [0.717, 1.165) is 12.2 Å². The van der Waals surface area contributed by atoms with Crippen LogP contribution in [0.4, 0.5) is 5.69 Å². The Morgan fingerprint density at radius 1 is 1.37 bits per heavy atom. The Balaban J connectivity index is 2.14. The van der Waals surface area contributed by atoms with Crippen LogP contribution >= 0.6 is 0 Å². The van der Waals surface area contributed by atoms with Gasteiger partial charge in [-0.15, -0.1) is 0 Å². The van der Waals surface area contributed by atoms with Gasteiger partial charge < -0.3 is 20.1 Å². The minimum atomic E-state index is -0.384. The van der Waals surface area contributed by atoms with Crippen molar-refractivity contribution in [3.8, 4) is 0 Å². The van der Waals surface area contributed by atoms with Gasteiger partial charge in [-0.3, -0.25) is 0 Å². The summed E-state index contributed by atoms with van der Waals surface area (Å²) in [4.78, 5) is 13.5. The molecule has 1 aromatic carbocycles. The number of β-amino-alcohol motifs (C(OH)–C–C–N with tert-alkyl or cyclic N) is 1. The average Bonchev–Trinajstić information content (AvgIpc) is 2.60. The molecule has 5 heteroatoms. The Kier molecular flexibility index (Phi) is 4.39. The van der Waals surface area contributed by atoms with E-state index in [0.29, 0.717) is 24.7 Å². The van der Waals surface area contributed by atoms with Crippen molar-refractivity contribution in [2.75, 3.05) is 31.6 Å². The number of rotatable bonds is 2. The van der Waals surface area contributed by atoms with Crippen molar-refractivity contribution in [2.45, 2.75) is 19.1 Å². The van der Waals surface area contributed by atoms with Gasteiger partial charge in [0.05, 0.1) is 18.8 Å². The first-order valence-electron chi connectivity index (χ1n) is 6.45. The van der Waals surface area contributed by atoms with E-state index < -0.39 is 0 Å². The number of esters is 1. The lowest BCUT2D eigenvalue weighted by Crippen LogP contribution is -2.35. The molecule has 0 spiro atoms. The van der Waals surface area contributed by atoms with Gasteiger partial charge in [-0.2, -0.15) is 0 Å². The maximum absolute atomic E-state index is 11.4. The Morgan fingerprint density at radius 2 is 2.05 bits per heavy atom. The zero-order chi connectivity index (χ0) is 13.8. The van der Waals surface area contributed by atoms with Crippen molar-refractivity contribution in [3.63, 3.8) is 0 Å². The summed E-state index contributed by atoms with van der Waals surface area (Å²) in [6.45, 7) is 4.12. The summed E-state index contributed by atoms with van der Waals surface area (Å²) < 4.78 is 4.67. The van der Waals surface area contributed by atoms with E-state index in [2.05, 4.69) is 21.9 Å². The van der Waals surface area contributed by atoms with Crippen molar-refractivity contribution in [1.29, 1.82) is 0 Å². The summed E-state index contributed by atoms with van der Waals surface area (Å²) in [7, 11) is 1.37. The molecule has 2 rings (SSSR count). The van der Waals surface area contributed by atoms with Crippen molar-refractivity contribution < 1.29 is 14.6 Å². The molecular weight excluding hydrogens is 244 g/mol. The van der Waals surface area contributed by atoms with Crippen LogP contribution in [0.25, 0.3) is 0 Å². The second-order valence-electron chi connectivity index (χ2n) is 4.91.